The van der Waals surface area contributed by atoms with Crippen LogP contribution in [0.5, 0.6) is 0 Å². The summed E-state index contributed by atoms with van der Waals surface area (Å²) >= 11 is 0. The van der Waals surface area contributed by atoms with E-state index >= 15 is 0 Å². The fourth-order valence-electron chi connectivity index (χ4n) is 13.6. The third kappa shape index (κ3) is 7.14. The second-order valence-corrected chi connectivity index (χ2v) is 21.0. The lowest BCUT2D eigenvalue weighted by Gasteiger charge is -2.38. The summed E-state index contributed by atoms with van der Waals surface area (Å²) in [5, 5.41) is 5.28. The normalized spacial score (nSPS) is 17.4. The van der Waals surface area contributed by atoms with Crippen molar-refractivity contribution in [2.24, 2.45) is 0 Å². The zero-order valence-electron chi connectivity index (χ0n) is 42.0. The number of aromatic nitrogens is 1. The molecular weight excluding hydrogens is 893 g/mol. The van der Waals surface area contributed by atoms with Gasteiger partial charge >= 0.3 is 0 Å². The third-order valence-electron chi connectivity index (χ3n) is 17.0. The van der Waals surface area contributed by atoms with E-state index in [9.17, 15) is 0 Å². The SMILES string of the molecule is CC1(c2ccccc2)c2ccccc2-c2c(-c3ccccc3N(c3ccc(-c4ccc5c(c4)c4ccccc4n5-c4ccccc4)cc3)C3CC=CC=C3c3cccc4cccc(C5CCCCC5)c34)cccc21. The van der Waals surface area contributed by atoms with Gasteiger partial charge in [0.15, 0.2) is 0 Å². The molecule has 2 unspecified atom stereocenters. The van der Waals surface area contributed by atoms with Crippen molar-refractivity contribution in [3.63, 3.8) is 0 Å². The first kappa shape index (κ1) is 44.3. The van der Waals surface area contributed by atoms with Crippen molar-refractivity contribution in [3.05, 3.63) is 277 Å². The van der Waals surface area contributed by atoms with Gasteiger partial charge in [-0.3, -0.25) is 0 Å². The van der Waals surface area contributed by atoms with Crippen molar-refractivity contribution >= 4 is 49.5 Å². The van der Waals surface area contributed by atoms with E-state index in [1.807, 2.05) is 0 Å². The maximum absolute atomic E-state index is 2.68. The van der Waals surface area contributed by atoms with Gasteiger partial charge in [-0.15, -0.1) is 0 Å². The Morgan fingerprint density at radius 2 is 1.15 bits per heavy atom. The van der Waals surface area contributed by atoms with Crippen LogP contribution in [-0.4, -0.2) is 10.6 Å². The van der Waals surface area contributed by atoms with Gasteiger partial charge in [-0.2, -0.15) is 0 Å². The predicted molar refractivity (Wildman–Crippen MR) is 313 cm³/mol. The maximum atomic E-state index is 2.68. The lowest BCUT2D eigenvalue weighted by atomic mass is 9.74. The van der Waals surface area contributed by atoms with Crippen LogP contribution in [0, 0.1) is 0 Å². The molecule has 1 heterocycles. The largest absolute Gasteiger partial charge is 0.333 e. The minimum Gasteiger partial charge on any atom is -0.333 e. The molecule has 356 valence electrons. The van der Waals surface area contributed by atoms with Crippen LogP contribution in [0.15, 0.2) is 249 Å². The van der Waals surface area contributed by atoms with E-state index in [-0.39, 0.29) is 11.5 Å². The van der Waals surface area contributed by atoms with Crippen molar-refractivity contribution in [2.45, 2.75) is 62.8 Å². The minimum absolute atomic E-state index is 0.0103. The van der Waals surface area contributed by atoms with Gasteiger partial charge in [-0.25, -0.2) is 0 Å². The van der Waals surface area contributed by atoms with E-state index in [0.717, 1.165) is 6.42 Å². The summed E-state index contributed by atoms with van der Waals surface area (Å²) in [4.78, 5) is 2.68. The Kier molecular flexibility index (Phi) is 10.9. The standard InChI is InChI=1S/C72H58N2/c1-72(53-26-7-3-8-27-53)64-37-15-11-33-62(64)71-61(36-21-38-65(71)72)58-31-13-17-40-67(58)74(66-39-16-12-30-57(66)60-35-20-25-51-24-19-34-56(70(51)60)50-22-5-2-6-23-50)55-45-42-49(43-46-55)52-44-47-69-63(48-52)59-32-14-18-41-68(59)73(69)54-28-9-4-10-29-54/h3-4,7-21,24-38,40-48,50,66H,2,5-6,22-23,39H2,1H3. The van der Waals surface area contributed by atoms with Gasteiger partial charge in [0, 0.05) is 38.8 Å². The number of nitrogens with zero attached hydrogens (tertiary/aromatic N) is 2. The fourth-order valence-corrected chi connectivity index (χ4v) is 13.6. The van der Waals surface area contributed by atoms with Crippen LogP contribution in [0.3, 0.4) is 0 Å². The highest BCUT2D eigenvalue weighted by Crippen LogP contribution is 2.56. The van der Waals surface area contributed by atoms with Gasteiger partial charge in [0.2, 0.25) is 0 Å². The number of anilines is 2. The highest BCUT2D eigenvalue weighted by molar-refractivity contribution is 6.10. The molecule has 0 N–H and O–H groups in total. The lowest BCUT2D eigenvalue weighted by Crippen LogP contribution is -2.33. The number of benzene rings is 10. The van der Waals surface area contributed by atoms with E-state index in [1.54, 1.807) is 0 Å². The first-order chi connectivity index (χ1) is 36.6. The van der Waals surface area contributed by atoms with Gasteiger partial charge in [0.05, 0.1) is 17.1 Å². The predicted octanol–water partition coefficient (Wildman–Crippen LogP) is 19.2. The zero-order valence-corrected chi connectivity index (χ0v) is 42.0. The molecule has 1 fully saturated rings. The van der Waals surface area contributed by atoms with Crippen LogP contribution in [0.1, 0.15) is 79.2 Å². The summed E-state index contributed by atoms with van der Waals surface area (Å²) in [6.45, 7) is 2.42. The number of rotatable bonds is 9. The number of hydrogen-bond acceptors (Lipinski definition) is 1. The topological polar surface area (TPSA) is 8.17 Å². The molecule has 14 rings (SSSR count). The van der Waals surface area contributed by atoms with Crippen molar-refractivity contribution in [1.82, 2.24) is 4.57 Å². The average Bonchev–Trinajstić information content (AvgIpc) is 3.95. The molecule has 0 bridgehead atoms. The van der Waals surface area contributed by atoms with Crippen molar-refractivity contribution in [2.75, 3.05) is 4.90 Å². The Hall–Kier alpha value is -8.46. The van der Waals surface area contributed by atoms with Crippen molar-refractivity contribution in [3.8, 4) is 39.1 Å². The molecule has 1 saturated carbocycles. The highest BCUT2D eigenvalue weighted by Gasteiger charge is 2.42. The molecule has 2 heteroatoms. The maximum Gasteiger partial charge on any atom is 0.0632 e. The Morgan fingerprint density at radius 3 is 1.99 bits per heavy atom. The van der Waals surface area contributed by atoms with Crippen molar-refractivity contribution in [1.29, 1.82) is 0 Å². The highest BCUT2D eigenvalue weighted by atomic mass is 15.2. The molecule has 11 aromatic rings. The summed E-state index contributed by atoms with van der Waals surface area (Å²) in [6.07, 6.45) is 14.5. The molecule has 1 aromatic heterocycles. The summed E-state index contributed by atoms with van der Waals surface area (Å²) in [7, 11) is 0. The van der Waals surface area contributed by atoms with Crippen LogP contribution in [-0.2, 0) is 5.41 Å². The molecular formula is C72H58N2. The quantitative estimate of drug-likeness (QED) is 0.140. The van der Waals surface area contributed by atoms with E-state index in [0.29, 0.717) is 5.92 Å². The molecule has 0 amide bonds. The number of hydrogen-bond donors (Lipinski definition) is 0. The summed E-state index contributed by atoms with van der Waals surface area (Å²) in [5.41, 5.74) is 21.5. The van der Waals surface area contributed by atoms with E-state index < -0.39 is 0 Å². The summed E-state index contributed by atoms with van der Waals surface area (Å²) in [5.74, 6) is 0.579. The van der Waals surface area contributed by atoms with E-state index in [2.05, 4.69) is 265 Å². The third-order valence-corrected chi connectivity index (χ3v) is 17.0. The Labute approximate surface area is 435 Å². The van der Waals surface area contributed by atoms with E-state index in [4.69, 9.17) is 0 Å². The monoisotopic (exact) mass is 950 g/mol. The van der Waals surface area contributed by atoms with Crippen molar-refractivity contribution < 1.29 is 0 Å². The van der Waals surface area contributed by atoms with Crippen LogP contribution in [0.2, 0.25) is 0 Å². The second kappa shape index (κ2) is 18.2. The Bertz CT molecular complexity index is 3980. The zero-order chi connectivity index (χ0) is 49.2. The number of para-hydroxylation sites is 3. The molecule has 0 spiro atoms. The molecule has 2 nitrogen and oxygen atoms in total. The fraction of sp³-hybridized carbons (Fsp3) is 0.139. The number of allylic oxidation sites excluding steroid dienone is 2. The van der Waals surface area contributed by atoms with Gasteiger partial charge in [-0.1, -0.05) is 219 Å². The van der Waals surface area contributed by atoms with Gasteiger partial charge in [-0.05, 0) is 153 Å². The van der Waals surface area contributed by atoms with Crippen LogP contribution in [0.25, 0.3) is 77.2 Å². The van der Waals surface area contributed by atoms with Gasteiger partial charge in [0.25, 0.3) is 0 Å². The first-order valence-corrected chi connectivity index (χ1v) is 26.9. The van der Waals surface area contributed by atoms with Gasteiger partial charge < -0.3 is 9.47 Å². The Morgan fingerprint density at radius 1 is 0.500 bits per heavy atom. The van der Waals surface area contributed by atoms with Crippen LogP contribution < -0.4 is 4.90 Å². The Balaban J connectivity index is 0.949. The van der Waals surface area contributed by atoms with E-state index in [1.165, 1.54) is 149 Å². The average molecular weight is 951 g/mol. The van der Waals surface area contributed by atoms with Crippen LogP contribution >= 0.6 is 0 Å². The van der Waals surface area contributed by atoms with Gasteiger partial charge in [0.1, 0.15) is 0 Å². The smallest absolute Gasteiger partial charge is 0.0632 e. The second-order valence-electron chi connectivity index (χ2n) is 21.0. The lowest BCUT2D eigenvalue weighted by molar-refractivity contribution is 0.445. The molecule has 2 atom stereocenters. The minimum atomic E-state index is -0.304. The molecule has 3 aliphatic rings. The molecule has 74 heavy (non-hydrogen) atoms. The molecule has 0 saturated heterocycles. The van der Waals surface area contributed by atoms with Crippen LogP contribution in [0.4, 0.5) is 11.4 Å². The molecule has 0 aliphatic heterocycles. The summed E-state index contributed by atoms with van der Waals surface area (Å²) < 4.78 is 2.40. The molecule has 0 radical (unpaired) electrons. The summed E-state index contributed by atoms with van der Waals surface area (Å²) in [6, 6.07) is 86.6. The molecule has 10 aromatic carbocycles. The molecule has 3 aliphatic carbocycles. The first-order valence-electron chi connectivity index (χ1n) is 26.9. The number of fused-ring (bicyclic) bond motifs is 7.